The standard InChI is InChI=1S/C22H25ClO9/c1-11-17(26)18(27)21(10-31-12(2)24)15(3-4-16(25)22(21,29)9-23)20(11)7-14(32-19(20)28)13-5-6-30-8-13/h5-6,8,11,14-15,17,26,29H,3-4,7,9-10H2,1-2H3/t11-,14+,15-,17-,20+,21+,22-/m1/s1. The molecule has 10 heteroatoms. The molecule has 0 aromatic carbocycles. The number of carbonyl (C=O) groups excluding carboxylic acids is 4. The molecule has 0 radical (unpaired) electrons. The summed E-state index contributed by atoms with van der Waals surface area (Å²) < 4.78 is 15.9. The van der Waals surface area contributed by atoms with Gasteiger partial charge in [-0.05, 0) is 18.4 Å². The van der Waals surface area contributed by atoms with E-state index in [1.54, 1.807) is 13.0 Å². The lowest BCUT2D eigenvalue weighted by Gasteiger charge is -2.60. The first-order valence-electron chi connectivity index (χ1n) is 10.5. The number of hydrogen-bond donors (Lipinski definition) is 2. The molecule has 1 saturated heterocycles. The Labute approximate surface area is 189 Å². The molecule has 3 aliphatic rings. The summed E-state index contributed by atoms with van der Waals surface area (Å²) in [4.78, 5) is 51.6. The van der Waals surface area contributed by atoms with Gasteiger partial charge in [0.15, 0.2) is 17.2 Å². The van der Waals surface area contributed by atoms with Crippen molar-refractivity contribution in [1.29, 1.82) is 0 Å². The van der Waals surface area contributed by atoms with E-state index in [1.165, 1.54) is 12.5 Å². The topological polar surface area (TPSA) is 140 Å². The summed E-state index contributed by atoms with van der Waals surface area (Å²) in [7, 11) is 0. The van der Waals surface area contributed by atoms with E-state index >= 15 is 0 Å². The minimum absolute atomic E-state index is 0.0648. The van der Waals surface area contributed by atoms with Crippen LogP contribution in [0.4, 0.5) is 0 Å². The maximum atomic E-state index is 13.6. The van der Waals surface area contributed by atoms with Crippen LogP contribution in [-0.2, 0) is 28.7 Å². The van der Waals surface area contributed by atoms with Crippen molar-refractivity contribution in [3.8, 4) is 0 Å². The number of ether oxygens (including phenoxy) is 2. The summed E-state index contributed by atoms with van der Waals surface area (Å²) in [6.45, 7) is 2.01. The van der Waals surface area contributed by atoms with Crippen molar-refractivity contribution < 1.29 is 43.3 Å². The number of aliphatic hydroxyl groups is 2. The van der Waals surface area contributed by atoms with E-state index in [0.29, 0.717) is 5.56 Å². The molecule has 7 atom stereocenters. The molecule has 32 heavy (non-hydrogen) atoms. The van der Waals surface area contributed by atoms with Crippen LogP contribution >= 0.6 is 11.6 Å². The lowest BCUT2D eigenvalue weighted by molar-refractivity contribution is -0.225. The molecule has 2 aliphatic carbocycles. The van der Waals surface area contributed by atoms with Crippen LogP contribution in [0.3, 0.4) is 0 Å². The van der Waals surface area contributed by atoms with E-state index in [2.05, 4.69) is 0 Å². The molecule has 9 nitrogen and oxygen atoms in total. The number of furan rings is 1. The fourth-order valence-corrected chi connectivity index (χ4v) is 6.49. The number of hydrogen-bond acceptors (Lipinski definition) is 9. The fourth-order valence-electron chi connectivity index (χ4n) is 6.10. The molecule has 2 heterocycles. The molecule has 1 aromatic rings. The predicted octanol–water partition coefficient (Wildman–Crippen LogP) is 1.33. The van der Waals surface area contributed by atoms with Gasteiger partial charge in [-0.3, -0.25) is 19.2 Å². The summed E-state index contributed by atoms with van der Waals surface area (Å²) in [5.74, 6) is -5.43. The molecule has 1 spiro atoms. The summed E-state index contributed by atoms with van der Waals surface area (Å²) in [5, 5.41) is 22.5. The smallest absolute Gasteiger partial charge is 0.313 e. The first-order chi connectivity index (χ1) is 15.1. The van der Waals surface area contributed by atoms with Crippen LogP contribution in [0.2, 0.25) is 0 Å². The Morgan fingerprint density at radius 3 is 2.66 bits per heavy atom. The molecule has 0 bridgehead atoms. The van der Waals surface area contributed by atoms with E-state index < -0.39 is 76.5 Å². The number of rotatable bonds is 4. The van der Waals surface area contributed by atoms with Crippen molar-refractivity contribution in [3.63, 3.8) is 0 Å². The molecule has 0 unspecified atom stereocenters. The highest BCUT2D eigenvalue weighted by atomic mass is 35.5. The van der Waals surface area contributed by atoms with Gasteiger partial charge in [0.2, 0.25) is 0 Å². The Bertz CT molecular complexity index is 959. The van der Waals surface area contributed by atoms with Crippen LogP contribution < -0.4 is 0 Å². The number of carbonyl (C=O) groups is 4. The number of fused-ring (bicyclic) bond motifs is 2. The Morgan fingerprint density at radius 1 is 1.34 bits per heavy atom. The third-order valence-electron chi connectivity index (χ3n) is 7.83. The molecule has 0 amide bonds. The summed E-state index contributed by atoms with van der Waals surface area (Å²) in [5.41, 5.74) is -5.33. The minimum Gasteiger partial charge on any atom is -0.472 e. The first kappa shape index (κ1) is 22.9. The number of Topliss-reactive ketones (excluding diaryl/α,β-unsaturated/α-hetero) is 2. The second-order valence-electron chi connectivity index (χ2n) is 9.05. The molecule has 3 fully saturated rings. The van der Waals surface area contributed by atoms with Gasteiger partial charge in [0.1, 0.15) is 24.2 Å². The van der Waals surface area contributed by atoms with E-state index in [-0.39, 0.29) is 19.3 Å². The average molecular weight is 469 g/mol. The predicted molar refractivity (Wildman–Crippen MR) is 107 cm³/mol. The number of halogens is 1. The zero-order valence-corrected chi connectivity index (χ0v) is 18.5. The van der Waals surface area contributed by atoms with Gasteiger partial charge < -0.3 is 24.1 Å². The van der Waals surface area contributed by atoms with E-state index in [0.717, 1.165) is 6.92 Å². The summed E-state index contributed by atoms with van der Waals surface area (Å²) in [6.07, 6.45) is 0.503. The highest BCUT2D eigenvalue weighted by Crippen LogP contribution is 2.66. The fraction of sp³-hybridized carbons (Fsp3) is 0.636. The van der Waals surface area contributed by atoms with Crippen LogP contribution in [0.15, 0.2) is 23.0 Å². The molecular weight excluding hydrogens is 444 g/mol. The average Bonchev–Trinajstić information content (AvgIpc) is 3.41. The van der Waals surface area contributed by atoms with Crippen molar-refractivity contribution in [2.24, 2.45) is 22.7 Å². The lowest BCUT2D eigenvalue weighted by Crippen LogP contribution is -2.76. The third kappa shape index (κ3) is 2.77. The SMILES string of the molecule is CC(=O)OC[C@@]12C(=O)[C@H](O)[C@@H](C)[C@@]3(C[C@@H](c4ccoc4)OC3=O)[C@H]1CCC(=O)[C@]2(O)CCl. The van der Waals surface area contributed by atoms with Crippen molar-refractivity contribution in [3.05, 3.63) is 24.2 Å². The number of cyclic esters (lactones) is 1. The Balaban J connectivity index is 1.92. The van der Waals surface area contributed by atoms with Gasteiger partial charge in [0.05, 0.1) is 23.8 Å². The third-order valence-corrected chi connectivity index (χ3v) is 8.22. The Hall–Kier alpha value is -2.23. The highest BCUT2D eigenvalue weighted by Gasteiger charge is 2.78. The van der Waals surface area contributed by atoms with Gasteiger partial charge in [-0.25, -0.2) is 0 Å². The van der Waals surface area contributed by atoms with Gasteiger partial charge >= 0.3 is 11.9 Å². The molecular formula is C22H25ClO9. The zero-order chi connectivity index (χ0) is 23.5. The molecule has 2 N–H and O–H groups in total. The summed E-state index contributed by atoms with van der Waals surface area (Å²) in [6, 6.07) is 1.65. The van der Waals surface area contributed by atoms with Gasteiger partial charge in [-0.15, -0.1) is 11.6 Å². The van der Waals surface area contributed by atoms with Gasteiger partial charge in [0.25, 0.3) is 0 Å². The monoisotopic (exact) mass is 468 g/mol. The second kappa shape index (κ2) is 7.67. The van der Waals surface area contributed by atoms with Crippen molar-refractivity contribution in [2.45, 2.75) is 50.9 Å². The van der Waals surface area contributed by atoms with Gasteiger partial charge in [-0.1, -0.05) is 6.92 Å². The second-order valence-corrected chi connectivity index (χ2v) is 9.32. The normalized spacial score (nSPS) is 41.5. The number of aliphatic hydroxyl groups excluding tert-OH is 1. The van der Waals surface area contributed by atoms with Crippen molar-refractivity contribution in [1.82, 2.24) is 0 Å². The van der Waals surface area contributed by atoms with Gasteiger partial charge in [0, 0.05) is 31.2 Å². The number of alkyl halides is 1. The molecule has 174 valence electrons. The Morgan fingerprint density at radius 2 is 2.06 bits per heavy atom. The van der Waals surface area contributed by atoms with Crippen molar-refractivity contribution >= 4 is 35.1 Å². The summed E-state index contributed by atoms with van der Waals surface area (Å²) >= 11 is 6.06. The maximum absolute atomic E-state index is 13.6. The molecule has 2 saturated carbocycles. The van der Waals surface area contributed by atoms with Crippen molar-refractivity contribution in [2.75, 3.05) is 12.5 Å². The Kier molecular flexibility index (Phi) is 5.50. The van der Waals surface area contributed by atoms with Crippen LogP contribution in [-0.4, -0.2) is 57.9 Å². The molecule has 1 aliphatic heterocycles. The van der Waals surface area contributed by atoms with E-state index in [1.807, 2.05) is 0 Å². The van der Waals surface area contributed by atoms with Gasteiger partial charge in [-0.2, -0.15) is 0 Å². The number of ketones is 2. The lowest BCUT2D eigenvalue weighted by atomic mass is 9.41. The van der Waals surface area contributed by atoms with Crippen LogP contribution in [0.5, 0.6) is 0 Å². The minimum atomic E-state index is -2.42. The first-order valence-corrected chi connectivity index (χ1v) is 11.0. The zero-order valence-electron chi connectivity index (χ0n) is 17.7. The van der Waals surface area contributed by atoms with E-state index in [9.17, 15) is 29.4 Å². The highest BCUT2D eigenvalue weighted by molar-refractivity contribution is 6.22. The van der Waals surface area contributed by atoms with E-state index in [4.69, 9.17) is 25.5 Å². The largest absolute Gasteiger partial charge is 0.472 e. The van der Waals surface area contributed by atoms with Crippen LogP contribution in [0, 0.1) is 22.7 Å². The molecule has 1 aromatic heterocycles. The van der Waals surface area contributed by atoms with Crippen LogP contribution in [0.1, 0.15) is 44.8 Å². The quantitative estimate of drug-likeness (QED) is 0.494. The van der Waals surface area contributed by atoms with Crippen LogP contribution in [0.25, 0.3) is 0 Å². The maximum Gasteiger partial charge on any atom is 0.313 e. The molecule has 4 rings (SSSR count). The number of esters is 2.